The Hall–Kier alpha value is -2.36. The highest BCUT2D eigenvalue weighted by Gasteiger charge is 2.06. The molecule has 1 heterocycles. The molecule has 0 saturated carbocycles. The smallest absolute Gasteiger partial charge is 0.225 e. The van der Waals surface area contributed by atoms with Crippen LogP contribution < -0.4 is 10.6 Å². The van der Waals surface area contributed by atoms with Gasteiger partial charge in [-0.05, 0) is 6.42 Å². The first kappa shape index (κ1) is 16.0. The van der Waals surface area contributed by atoms with Crippen molar-refractivity contribution in [3.63, 3.8) is 0 Å². The molecule has 0 amide bonds. The van der Waals surface area contributed by atoms with Gasteiger partial charge in [-0.1, -0.05) is 56.2 Å². The van der Waals surface area contributed by atoms with Gasteiger partial charge in [-0.25, -0.2) is 4.98 Å². The van der Waals surface area contributed by atoms with Crippen LogP contribution in [0.3, 0.4) is 0 Å². The van der Waals surface area contributed by atoms with Crippen LogP contribution in [0.1, 0.15) is 26.2 Å². The molecule has 0 fully saturated rings. The Morgan fingerprint density at radius 3 is 2.64 bits per heavy atom. The van der Waals surface area contributed by atoms with E-state index in [0.29, 0.717) is 12.5 Å². The molecule has 2 N–H and O–H groups in total. The number of nitrogens with zero attached hydrogens (tertiary/aromatic N) is 2. The summed E-state index contributed by atoms with van der Waals surface area (Å²) in [6, 6.07) is 12.2. The lowest BCUT2D eigenvalue weighted by atomic mass is 10.1. The van der Waals surface area contributed by atoms with Gasteiger partial charge in [0.25, 0.3) is 0 Å². The van der Waals surface area contributed by atoms with Gasteiger partial charge in [-0.2, -0.15) is 4.98 Å². The van der Waals surface area contributed by atoms with Gasteiger partial charge < -0.3 is 10.6 Å². The van der Waals surface area contributed by atoms with Crippen molar-refractivity contribution >= 4 is 11.8 Å². The van der Waals surface area contributed by atoms with Gasteiger partial charge in [0.05, 0.1) is 5.69 Å². The van der Waals surface area contributed by atoms with E-state index in [1.165, 1.54) is 12.8 Å². The molecule has 0 unspecified atom stereocenters. The second-order valence-corrected chi connectivity index (χ2v) is 5.13. The summed E-state index contributed by atoms with van der Waals surface area (Å²) in [5, 5.41) is 6.56. The minimum atomic E-state index is 0.624. The summed E-state index contributed by atoms with van der Waals surface area (Å²) < 4.78 is 0. The number of anilines is 2. The van der Waals surface area contributed by atoms with E-state index in [2.05, 4.69) is 46.2 Å². The highest BCUT2D eigenvalue weighted by molar-refractivity contribution is 5.64. The van der Waals surface area contributed by atoms with E-state index in [0.717, 1.165) is 30.0 Å². The summed E-state index contributed by atoms with van der Waals surface area (Å²) in [4.78, 5) is 9.09. The lowest BCUT2D eigenvalue weighted by Crippen LogP contribution is -2.08. The van der Waals surface area contributed by atoms with Gasteiger partial charge in [0.2, 0.25) is 5.95 Å². The standard InChI is InChI=1S/C18H24N4/c1-3-5-9-13-19-17-14-16(15-10-7-6-8-11-15)21-18(22-17)20-12-4-2/h4,6-8,10-11,14H,2-3,5,9,12-13H2,1H3,(H2,19,20,21,22). The summed E-state index contributed by atoms with van der Waals surface area (Å²) in [7, 11) is 0. The highest BCUT2D eigenvalue weighted by Crippen LogP contribution is 2.21. The molecule has 22 heavy (non-hydrogen) atoms. The third-order valence-corrected chi connectivity index (χ3v) is 3.29. The van der Waals surface area contributed by atoms with Crippen LogP contribution >= 0.6 is 0 Å². The molecule has 0 aliphatic carbocycles. The average Bonchev–Trinajstić information content (AvgIpc) is 2.57. The van der Waals surface area contributed by atoms with Crippen molar-refractivity contribution in [3.8, 4) is 11.3 Å². The topological polar surface area (TPSA) is 49.8 Å². The van der Waals surface area contributed by atoms with Gasteiger partial charge >= 0.3 is 0 Å². The molecule has 116 valence electrons. The second-order valence-electron chi connectivity index (χ2n) is 5.13. The van der Waals surface area contributed by atoms with Gasteiger partial charge in [0, 0.05) is 24.7 Å². The molecule has 1 aromatic carbocycles. The highest BCUT2D eigenvalue weighted by atomic mass is 15.1. The molecule has 0 aliphatic rings. The molecular formula is C18H24N4. The van der Waals surface area contributed by atoms with Gasteiger partial charge in [-0.3, -0.25) is 0 Å². The quantitative estimate of drug-likeness (QED) is 0.534. The molecule has 4 nitrogen and oxygen atoms in total. The van der Waals surface area contributed by atoms with Crippen molar-refractivity contribution in [1.29, 1.82) is 0 Å². The molecule has 1 aromatic heterocycles. The molecule has 0 spiro atoms. The fourth-order valence-corrected chi connectivity index (χ4v) is 2.13. The average molecular weight is 296 g/mol. The van der Waals surface area contributed by atoms with Crippen molar-refractivity contribution in [2.24, 2.45) is 0 Å². The van der Waals surface area contributed by atoms with Gasteiger partial charge in [0.15, 0.2) is 0 Å². The molecule has 0 aliphatic heterocycles. The Kier molecular flexibility index (Phi) is 6.42. The van der Waals surface area contributed by atoms with E-state index in [4.69, 9.17) is 0 Å². The molecule has 0 atom stereocenters. The second kappa shape index (κ2) is 8.82. The molecule has 0 radical (unpaired) electrons. The number of hydrogen-bond acceptors (Lipinski definition) is 4. The lowest BCUT2D eigenvalue weighted by molar-refractivity contribution is 0.742. The van der Waals surface area contributed by atoms with Crippen molar-refractivity contribution in [3.05, 3.63) is 49.1 Å². The van der Waals surface area contributed by atoms with E-state index >= 15 is 0 Å². The Morgan fingerprint density at radius 1 is 1.09 bits per heavy atom. The monoisotopic (exact) mass is 296 g/mol. The third-order valence-electron chi connectivity index (χ3n) is 3.29. The third kappa shape index (κ3) is 4.88. The fraction of sp³-hybridized carbons (Fsp3) is 0.333. The van der Waals surface area contributed by atoms with Crippen LogP contribution in [-0.4, -0.2) is 23.1 Å². The summed E-state index contributed by atoms with van der Waals surface area (Å²) in [5.41, 5.74) is 2.00. The van der Waals surface area contributed by atoms with Crippen molar-refractivity contribution in [2.45, 2.75) is 26.2 Å². The maximum Gasteiger partial charge on any atom is 0.225 e. The molecule has 0 bridgehead atoms. The normalized spacial score (nSPS) is 10.2. The zero-order valence-corrected chi connectivity index (χ0v) is 13.2. The summed E-state index contributed by atoms with van der Waals surface area (Å²) in [5.74, 6) is 1.48. The predicted molar refractivity (Wildman–Crippen MR) is 94.2 cm³/mol. The van der Waals surface area contributed by atoms with E-state index in [9.17, 15) is 0 Å². The van der Waals surface area contributed by atoms with Crippen LogP contribution in [0.15, 0.2) is 49.1 Å². The number of unbranched alkanes of at least 4 members (excludes halogenated alkanes) is 2. The fourth-order valence-electron chi connectivity index (χ4n) is 2.13. The zero-order valence-electron chi connectivity index (χ0n) is 13.2. The van der Waals surface area contributed by atoms with Crippen LogP contribution in [0.25, 0.3) is 11.3 Å². The minimum Gasteiger partial charge on any atom is -0.370 e. The van der Waals surface area contributed by atoms with Crippen LogP contribution in [0, 0.1) is 0 Å². The van der Waals surface area contributed by atoms with Crippen LogP contribution in [0.5, 0.6) is 0 Å². The first-order valence-corrected chi connectivity index (χ1v) is 7.86. The summed E-state index contributed by atoms with van der Waals surface area (Å²) >= 11 is 0. The Balaban J connectivity index is 2.18. The number of rotatable bonds is 9. The van der Waals surface area contributed by atoms with Crippen LogP contribution in [-0.2, 0) is 0 Å². The summed E-state index contributed by atoms with van der Waals surface area (Å²) in [6.45, 7) is 7.50. The van der Waals surface area contributed by atoms with E-state index in [-0.39, 0.29) is 0 Å². The predicted octanol–water partition coefficient (Wildman–Crippen LogP) is 4.34. The van der Waals surface area contributed by atoms with Gasteiger partial charge in [0.1, 0.15) is 5.82 Å². The molecule has 2 aromatic rings. The maximum atomic E-state index is 4.58. The van der Waals surface area contributed by atoms with E-state index in [1.807, 2.05) is 24.3 Å². The number of nitrogens with one attached hydrogen (secondary N) is 2. The van der Waals surface area contributed by atoms with E-state index < -0.39 is 0 Å². The first-order valence-electron chi connectivity index (χ1n) is 7.86. The molecule has 2 rings (SSSR count). The molecule has 0 saturated heterocycles. The number of hydrogen-bond donors (Lipinski definition) is 2. The molecular weight excluding hydrogens is 272 g/mol. The Labute approximate surface area is 132 Å². The SMILES string of the molecule is C=CCNc1nc(NCCCCC)cc(-c2ccccc2)n1. The largest absolute Gasteiger partial charge is 0.370 e. The maximum absolute atomic E-state index is 4.58. The minimum absolute atomic E-state index is 0.624. The lowest BCUT2D eigenvalue weighted by Gasteiger charge is -2.10. The van der Waals surface area contributed by atoms with Crippen LogP contribution in [0.2, 0.25) is 0 Å². The van der Waals surface area contributed by atoms with Crippen molar-refractivity contribution in [1.82, 2.24) is 9.97 Å². The van der Waals surface area contributed by atoms with Gasteiger partial charge in [-0.15, -0.1) is 6.58 Å². The zero-order chi connectivity index (χ0) is 15.6. The number of benzene rings is 1. The van der Waals surface area contributed by atoms with Crippen LogP contribution in [0.4, 0.5) is 11.8 Å². The van der Waals surface area contributed by atoms with Crippen molar-refractivity contribution < 1.29 is 0 Å². The molecule has 4 heteroatoms. The number of aromatic nitrogens is 2. The van der Waals surface area contributed by atoms with E-state index in [1.54, 1.807) is 6.08 Å². The Morgan fingerprint density at radius 2 is 1.91 bits per heavy atom. The van der Waals surface area contributed by atoms with Crippen molar-refractivity contribution in [2.75, 3.05) is 23.7 Å². The first-order chi connectivity index (χ1) is 10.8. The Bertz CT molecular complexity index is 581. The summed E-state index contributed by atoms with van der Waals surface area (Å²) in [6.07, 6.45) is 5.39.